The van der Waals surface area contributed by atoms with Crippen molar-refractivity contribution in [2.75, 3.05) is 13.7 Å². The first kappa shape index (κ1) is 21.7. The minimum Gasteiger partial charge on any atom is -0.503 e. The van der Waals surface area contributed by atoms with Crippen LogP contribution < -0.4 is 4.74 Å². The molecule has 1 aromatic heterocycles. The van der Waals surface area contributed by atoms with Gasteiger partial charge in [-0.2, -0.15) is 0 Å². The van der Waals surface area contributed by atoms with Gasteiger partial charge in [-0.25, -0.2) is 0 Å². The lowest BCUT2D eigenvalue weighted by Gasteiger charge is -2.27. The van der Waals surface area contributed by atoms with Crippen LogP contribution in [0.5, 0.6) is 5.75 Å². The van der Waals surface area contributed by atoms with Gasteiger partial charge in [-0.05, 0) is 36.6 Å². The molecule has 6 heteroatoms. The van der Waals surface area contributed by atoms with E-state index in [1.807, 2.05) is 43.3 Å². The smallest absolute Gasteiger partial charge is 0.290 e. The number of Topliss-reactive ketones (excluding diaryl/α,β-unsaturated/α-hetero) is 1. The molecule has 0 bridgehead atoms. The Hall–Kier alpha value is -3.54. The van der Waals surface area contributed by atoms with Crippen LogP contribution >= 0.6 is 0 Å². The van der Waals surface area contributed by atoms with E-state index in [0.29, 0.717) is 23.3 Å². The molecule has 166 valence electrons. The highest BCUT2D eigenvalue weighted by Crippen LogP contribution is 2.41. The molecule has 0 aliphatic carbocycles. The van der Waals surface area contributed by atoms with E-state index in [2.05, 4.69) is 6.92 Å². The largest absolute Gasteiger partial charge is 0.503 e. The Morgan fingerprint density at radius 1 is 1.16 bits per heavy atom. The molecule has 4 rings (SSSR count). The summed E-state index contributed by atoms with van der Waals surface area (Å²) in [6.45, 7) is 4.49. The molecule has 6 nitrogen and oxygen atoms in total. The summed E-state index contributed by atoms with van der Waals surface area (Å²) in [5.74, 6) is -0.953. The molecule has 1 N–H and O–H groups in total. The van der Waals surface area contributed by atoms with Crippen LogP contribution in [0.1, 0.15) is 53.9 Å². The van der Waals surface area contributed by atoms with Gasteiger partial charge in [-0.1, -0.05) is 56.2 Å². The molecule has 1 amide bonds. The molecule has 0 saturated heterocycles. The summed E-state index contributed by atoms with van der Waals surface area (Å²) in [6.07, 6.45) is 2.75. The molecule has 0 radical (unpaired) electrons. The van der Waals surface area contributed by atoms with Gasteiger partial charge >= 0.3 is 0 Å². The molecular formula is C26H27NO5. The number of para-hydroxylation sites is 1. The van der Waals surface area contributed by atoms with Gasteiger partial charge in [0.2, 0.25) is 5.78 Å². The van der Waals surface area contributed by atoms with E-state index >= 15 is 0 Å². The van der Waals surface area contributed by atoms with Crippen molar-refractivity contribution < 1.29 is 23.8 Å². The predicted octanol–water partition coefficient (Wildman–Crippen LogP) is 5.52. The molecule has 1 unspecified atom stereocenters. The molecule has 32 heavy (non-hydrogen) atoms. The molecule has 2 heterocycles. The third-order valence-electron chi connectivity index (χ3n) is 5.99. The third kappa shape index (κ3) is 3.66. The first-order valence-electron chi connectivity index (χ1n) is 10.9. The number of aliphatic hydroxyl groups excluding tert-OH is 1. The van der Waals surface area contributed by atoms with Crippen molar-refractivity contribution in [2.45, 2.75) is 39.2 Å². The van der Waals surface area contributed by atoms with Crippen molar-refractivity contribution in [1.29, 1.82) is 0 Å². The number of carbonyl (C=O) groups excluding carboxylic acids is 2. The zero-order valence-corrected chi connectivity index (χ0v) is 18.6. The standard InChI is InChI=1S/C26H27NO5/c1-4-5-8-14-27-22(18-12-7-6-10-16(18)2)21(24(29)26(27)30)23(28)20-15-17-11-9-13-19(31-3)25(17)32-20/h6-7,9-13,15,22,29H,4-5,8,14H2,1-3H3. The number of carbonyl (C=O) groups is 2. The minimum atomic E-state index is -0.664. The molecule has 0 saturated carbocycles. The summed E-state index contributed by atoms with van der Waals surface area (Å²) in [5.41, 5.74) is 2.27. The fourth-order valence-corrected chi connectivity index (χ4v) is 4.31. The van der Waals surface area contributed by atoms with E-state index in [0.717, 1.165) is 30.4 Å². The maximum absolute atomic E-state index is 13.6. The van der Waals surface area contributed by atoms with Gasteiger partial charge in [0.05, 0.1) is 18.7 Å². The Morgan fingerprint density at radius 3 is 2.66 bits per heavy atom. The summed E-state index contributed by atoms with van der Waals surface area (Å²) in [7, 11) is 1.53. The first-order chi connectivity index (χ1) is 15.5. The molecule has 2 aromatic carbocycles. The van der Waals surface area contributed by atoms with Crippen LogP contribution in [0.15, 0.2) is 64.3 Å². The van der Waals surface area contributed by atoms with Gasteiger partial charge in [0.25, 0.3) is 5.91 Å². The molecule has 1 aliphatic heterocycles. The minimum absolute atomic E-state index is 0.0545. The van der Waals surface area contributed by atoms with Crippen LogP contribution in [0.4, 0.5) is 0 Å². The summed E-state index contributed by atoms with van der Waals surface area (Å²) in [6, 6.07) is 14.0. The number of ketones is 1. The van der Waals surface area contributed by atoms with E-state index in [1.165, 1.54) is 7.11 Å². The highest BCUT2D eigenvalue weighted by molar-refractivity contribution is 6.16. The van der Waals surface area contributed by atoms with Crippen molar-refractivity contribution in [1.82, 2.24) is 4.90 Å². The highest BCUT2D eigenvalue weighted by atomic mass is 16.5. The number of hydrogen-bond acceptors (Lipinski definition) is 5. The lowest BCUT2D eigenvalue weighted by molar-refractivity contribution is -0.129. The maximum Gasteiger partial charge on any atom is 0.290 e. The van der Waals surface area contributed by atoms with Crippen LogP contribution in [0, 0.1) is 6.92 Å². The topological polar surface area (TPSA) is 80.0 Å². The molecular weight excluding hydrogens is 406 g/mol. The molecule has 0 spiro atoms. The number of fused-ring (bicyclic) bond motifs is 1. The fourth-order valence-electron chi connectivity index (χ4n) is 4.31. The van der Waals surface area contributed by atoms with Crippen LogP contribution in [0.3, 0.4) is 0 Å². The van der Waals surface area contributed by atoms with Crippen LogP contribution in [0.2, 0.25) is 0 Å². The van der Waals surface area contributed by atoms with E-state index in [4.69, 9.17) is 9.15 Å². The number of aryl methyl sites for hydroxylation is 1. The Labute approximate surface area is 187 Å². The van der Waals surface area contributed by atoms with Gasteiger partial charge in [-0.3, -0.25) is 9.59 Å². The third-order valence-corrected chi connectivity index (χ3v) is 5.99. The Balaban J connectivity index is 1.80. The van der Waals surface area contributed by atoms with Gasteiger partial charge in [0.1, 0.15) is 0 Å². The zero-order valence-electron chi connectivity index (χ0n) is 18.6. The van der Waals surface area contributed by atoms with Crippen molar-refractivity contribution in [2.24, 2.45) is 0 Å². The summed E-state index contributed by atoms with van der Waals surface area (Å²) in [4.78, 5) is 28.2. The second-order valence-electron chi connectivity index (χ2n) is 8.05. The van der Waals surface area contributed by atoms with Crippen molar-refractivity contribution in [3.05, 3.63) is 76.8 Å². The average Bonchev–Trinajstić information content (AvgIpc) is 3.34. The summed E-state index contributed by atoms with van der Waals surface area (Å²) < 4.78 is 11.2. The Bertz CT molecular complexity index is 1210. The maximum atomic E-state index is 13.6. The van der Waals surface area contributed by atoms with Gasteiger partial charge in [0, 0.05) is 11.9 Å². The molecule has 1 aliphatic rings. The molecule has 0 fully saturated rings. The summed E-state index contributed by atoms with van der Waals surface area (Å²) >= 11 is 0. The normalized spacial score (nSPS) is 16.3. The first-order valence-corrected chi connectivity index (χ1v) is 10.9. The number of hydrogen-bond donors (Lipinski definition) is 1. The van der Waals surface area contributed by atoms with Gasteiger partial charge in [0.15, 0.2) is 22.9 Å². The van der Waals surface area contributed by atoms with E-state index < -0.39 is 23.5 Å². The zero-order chi connectivity index (χ0) is 22.8. The van der Waals surface area contributed by atoms with Crippen LogP contribution in [0.25, 0.3) is 11.0 Å². The Kier molecular flexibility index (Phi) is 6.04. The second kappa shape index (κ2) is 8.91. The van der Waals surface area contributed by atoms with Crippen molar-refractivity contribution >= 4 is 22.7 Å². The summed E-state index contributed by atoms with van der Waals surface area (Å²) in [5, 5.41) is 11.5. The number of amides is 1. The monoisotopic (exact) mass is 433 g/mol. The predicted molar refractivity (Wildman–Crippen MR) is 122 cm³/mol. The number of benzene rings is 2. The molecule has 3 aromatic rings. The second-order valence-corrected chi connectivity index (χ2v) is 8.05. The van der Waals surface area contributed by atoms with E-state index in [1.54, 1.807) is 17.0 Å². The number of unbranched alkanes of at least 4 members (excludes halogenated alkanes) is 2. The lowest BCUT2D eigenvalue weighted by Crippen LogP contribution is -2.32. The molecule has 1 atom stereocenters. The van der Waals surface area contributed by atoms with E-state index in [9.17, 15) is 14.7 Å². The van der Waals surface area contributed by atoms with E-state index in [-0.39, 0.29) is 11.3 Å². The van der Waals surface area contributed by atoms with Crippen LogP contribution in [-0.2, 0) is 4.79 Å². The van der Waals surface area contributed by atoms with Crippen molar-refractivity contribution in [3.8, 4) is 5.75 Å². The van der Waals surface area contributed by atoms with Crippen molar-refractivity contribution in [3.63, 3.8) is 0 Å². The Morgan fingerprint density at radius 2 is 1.94 bits per heavy atom. The fraction of sp³-hybridized carbons (Fsp3) is 0.308. The quantitative estimate of drug-likeness (QED) is 0.374. The number of rotatable bonds is 8. The number of furan rings is 1. The number of nitrogens with zero attached hydrogens (tertiary/aromatic N) is 1. The number of methoxy groups -OCH3 is 1. The SMILES string of the molecule is CCCCCN1C(=O)C(O)=C(C(=O)c2cc3cccc(OC)c3o2)C1c1ccccc1C. The van der Waals surface area contributed by atoms with Gasteiger partial charge in [-0.15, -0.1) is 0 Å². The average molecular weight is 434 g/mol. The van der Waals surface area contributed by atoms with Crippen LogP contribution in [-0.4, -0.2) is 35.4 Å². The van der Waals surface area contributed by atoms with Gasteiger partial charge < -0.3 is 19.2 Å². The highest BCUT2D eigenvalue weighted by Gasteiger charge is 2.44. The number of ether oxygens (including phenoxy) is 1. The number of aliphatic hydroxyl groups is 1. The lowest BCUT2D eigenvalue weighted by atomic mass is 9.92.